The highest BCUT2D eigenvalue weighted by atomic mass is 35.5. The van der Waals surface area contributed by atoms with Crippen molar-refractivity contribution in [3.8, 4) is 5.75 Å². The second-order valence-electron chi connectivity index (χ2n) is 10.5. The number of para-hydroxylation sites is 1. The first-order valence-corrected chi connectivity index (χ1v) is 14.2. The van der Waals surface area contributed by atoms with Crippen molar-refractivity contribution >= 4 is 29.5 Å². The van der Waals surface area contributed by atoms with Gasteiger partial charge in [-0.2, -0.15) is 26.3 Å². The minimum absolute atomic E-state index is 0.134. The van der Waals surface area contributed by atoms with Crippen LogP contribution in [0.3, 0.4) is 0 Å². The molecule has 0 spiro atoms. The highest BCUT2D eigenvalue weighted by molar-refractivity contribution is 6.30. The molecular weight excluding hydrogens is 654 g/mol. The lowest BCUT2D eigenvalue weighted by atomic mass is 9.95. The topological polar surface area (TPSA) is 157 Å². The van der Waals surface area contributed by atoms with Crippen LogP contribution in [0.1, 0.15) is 36.8 Å². The maximum Gasteiger partial charge on any atom is 0.490 e. The summed E-state index contributed by atoms with van der Waals surface area (Å²) in [6.45, 7) is 3.54. The number of piperidine rings is 1. The number of likely N-dealkylation sites (tertiary alicyclic amines) is 1. The molecule has 2 aromatic rings. The molecule has 0 radical (unpaired) electrons. The molecule has 10 nitrogen and oxygen atoms in total. The van der Waals surface area contributed by atoms with Gasteiger partial charge in [0.05, 0.1) is 5.41 Å². The number of ether oxygens (including phenoxy) is 1. The van der Waals surface area contributed by atoms with Crippen molar-refractivity contribution in [2.45, 2.75) is 62.1 Å². The highest BCUT2D eigenvalue weighted by Gasteiger charge is 2.53. The summed E-state index contributed by atoms with van der Waals surface area (Å²) in [4.78, 5) is 31.9. The lowest BCUT2D eigenvalue weighted by Gasteiger charge is -2.33. The normalized spacial score (nSPS) is 17.0. The summed E-state index contributed by atoms with van der Waals surface area (Å²) in [6.07, 6.45) is -7.50. The van der Waals surface area contributed by atoms with Gasteiger partial charge in [0.25, 0.3) is 0 Å². The van der Waals surface area contributed by atoms with Crippen molar-refractivity contribution < 1.29 is 65.9 Å². The summed E-state index contributed by atoms with van der Waals surface area (Å²) < 4.78 is 69.3. The first-order chi connectivity index (χ1) is 21.3. The quantitative estimate of drug-likeness (QED) is 0.222. The Labute approximate surface area is 264 Å². The zero-order valence-electron chi connectivity index (χ0n) is 24.2. The number of aliphatic carboxylic acids is 3. The standard InChI is InChI=1S/C25H31ClN2O4.2C2HF3O2/c26-19-7-5-18(6-8-19)16-28-13-9-20(10-14-28)27-15-21(29)17-32-23-4-2-1-3-22(23)25(11-12-25)24(30)31;2*3-2(4,5)1(6)7/h1-8,20-21,27,29H,9-17H2,(H,30,31);2*(H,6,7)/t21-;;/m0../s1. The SMILES string of the molecule is O=C(O)C(F)(F)F.O=C(O)C(F)(F)F.O=C(O)C1(c2ccccc2OC[C@@H](O)CNC2CCN(Cc3ccc(Cl)cc3)CC2)CC1. The van der Waals surface area contributed by atoms with Crippen LogP contribution in [0, 0.1) is 0 Å². The van der Waals surface area contributed by atoms with Crippen molar-refractivity contribution in [1.29, 1.82) is 0 Å². The van der Waals surface area contributed by atoms with Crippen molar-refractivity contribution in [3.63, 3.8) is 0 Å². The number of carboxylic acids is 3. The molecule has 17 heteroatoms. The fraction of sp³-hybridized carbons (Fsp3) is 0.483. The van der Waals surface area contributed by atoms with E-state index in [0.29, 0.717) is 36.7 Å². The Morgan fingerprint density at radius 2 is 1.41 bits per heavy atom. The molecule has 1 heterocycles. The van der Waals surface area contributed by atoms with Crippen LogP contribution in [0.2, 0.25) is 5.02 Å². The Morgan fingerprint density at radius 3 is 1.87 bits per heavy atom. The van der Waals surface area contributed by atoms with E-state index in [9.17, 15) is 41.4 Å². The van der Waals surface area contributed by atoms with Gasteiger partial charge in [-0.1, -0.05) is 41.9 Å². The van der Waals surface area contributed by atoms with Crippen LogP contribution in [0.25, 0.3) is 0 Å². The number of aliphatic hydroxyl groups excluding tert-OH is 1. The van der Waals surface area contributed by atoms with Crippen molar-refractivity contribution in [2.24, 2.45) is 0 Å². The Kier molecular flexibility index (Phi) is 14.1. The molecule has 1 saturated carbocycles. The van der Waals surface area contributed by atoms with E-state index in [1.165, 1.54) is 5.56 Å². The summed E-state index contributed by atoms with van der Waals surface area (Å²) in [5.41, 5.74) is 1.16. The van der Waals surface area contributed by atoms with E-state index in [1.54, 1.807) is 6.07 Å². The minimum Gasteiger partial charge on any atom is -0.491 e. The summed E-state index contributed by atoms with van der Waals surface area (Å²) in [5.74, 6) is -5.76. The molecule has 256 valence electrons. The zero-order valence-corrected chi connectivity index (χ0v) is 24.9. The van der Waals surface area contributed by atoms with E-state index in [-0.39, 0.29) is 6.61 Å². The fourth-order valence-corrected chi connectivity index (χ4v) is 4.53. The van der Waals surface area contributed by atoms with Crippen molar-refractivity contribution in [1.82, 2.24) is 10.2 Å². The number of hydrogen-bond donors (Lipinski definition) is 5. The second kappa shape index (κ2) is 16.8. The number of rotatable bonds is 10. The molecule has 1 aliphatic heterocycles. The molecule has 4 rings (SSSR count). The smallest absolute Gasteiger partial charge is 0.490 e. The lowest BCUT2D eigenvalue weighted by molar-refractivity contribution is -0.193. The van der Waals surface area contributed by atoms with Gasteiger partial charge in [0.1, 0.15) is 18.5 Å². The number of hydrogen-bond acceptors (Lipinski definition) is 7. The number of carbonyl (C=O) groups is 3. The van der Waals surface area contributed by atoms with Gasteiger partial charge in [-0.3, -0.25) is 9.69 Å². The van der Waals surface area contributed by atoms with E-state index >= 15 is 0 Å². The average molecular weight is 687 g/mol. The van der Waals surface area contributed by atoms with Gasteiger partial charge in [0, 0.05) is 29.7 Å². The fourth-order valence-electron chi connectivity index (χ4n) is 4.40. The maximum absolute atomic E-state index is 11.7. The predicted octanol–water partition coefficient (Wildman–Crippen LogP) is 4.72. The summed E-state index contributed by atoms with van der Waals surface area (Å²) in [7, 11) is 0. The Morgan fingerprint density at radius 1 is 0.913 bits per heavy atom. The predicted molar refractivity (Wildman–Crippen MR) is 152 cm³/mol. The van der Waals surface area contributed by atoms with E-state index in [4.69, 9.17) is 36.1 Å². The summed E-state index contributed by atoms with van der Waals surface area (Å²) in [6, 6.07) is 15.7. The number of nitrogens with zero attached hydrogens (tertiary/aromatic N) is 1. The Balaban J connectivity index is 0.000000440. The molecule has 1 atom stereocenters. The monoisotopic (exact) mass is 686 g/mol. The van der Waals surface area contributed by atoms with Crippen LogP contribution in [0.4, 0.5) is 26.3 Å². The molecule has 1 saturated heterocycles. The first kappa shape index (κ1) is 38.6. The lowest BCUT2D eigenvalue weighted by Crippen LogP contribution is -2.45. The molecule has 2 aliphatic rings. The first-order valence-electron chi connectivity index (χ1n) is 13.8. The highest BCUT2D eigenvalue weighted by Crippen LogP contribution is 2.51. The van der Waals surface area contributed by atoms with Gasteiger partial charge in [0.15, 0.2) is 0 Å². The van der Waals surface area contributed by atoms with E-state index in [1.807, 2.05) is 30.3 Å². The molecule has 46 heavy (non-hydrogen) atoms. The molecule has 0 unspecified atom stereocenters. The molecular formula is C29H33ClF6N2O8. The third-order valence-electron chi connectivity index (χ3n) is 7.03. The molecule has 0 bridgehead atoms. The van der Waals surface area contributed by atoms with E-state index in [0.717, 1.165) is 37.5 Å². The van der Waals surface area contributed by atoms with E-state index in [2.05, 4.69) is 22.3 Å². The minimum atomic E-state index is -5.08. The summed E-state index contributed by atoms with van der Waals surface area (Å²) in [5, 5.41) is 38.4. The average Bonchev–Trinajstić information content (AvgIpc) is 3.79. The largest absolute Gasteiger partial charge is 0.491 e. The molecule has 0 aromatic heterocycles. The number of aliphatic hydroxyl groups is 1. The molecule has 1 aliphatic carbocycles. The van der Waals surface area contributed by atoms with Gasteiger partial charge in [-0.05, 0) is 62.5 Å². The third-order valence-corrected chi connectivity index (χ3v) is 7.28. The number of benzene rings is 2. The van der Waals surface area contributed by atoms with Crippen LogP contribution in [0.5, 0.6) is 5.75 Å². The van der Waals surface area contributed by atoms with Crippen LogP contribution >= 0.6 is 11.6 Å². The van der Waals surface area contributed by atoms with Crippen LogP contribution in [0.15, 0.2) is 48.5 Å². The number of carboxylic acid groups (broad SMARTS) is 3. The third kappa shape index (κ3) is 12.7. The van der Waals surface area contributed by atoms with Gasteiger partial charge < -0.3 is 30.5 Å². The Hall–Kier alpha value is -3.60. The van der Waals surface area contributed by atoms with E-state index < -0.39 is 41.8 Å². The number of halogens is 7. The van der Waals surface area contributed by atoms with Crippen LogP contribution in [-0.2, 0) is 26.3 Å². The molecule has 5 N–H and O–H groups in total. The van der Waals surface area contributed by atoms with Crippen LogP contribution < -0.4 is 10.1 Å². The molecule has 2 fully saturated rings. The summed E-state index contributed by atoms with van der Waals surface area (Å²) >= 11 is 5.96. The van der Waals surface area contributed by atoms with Gasteiger partial charge in [-0.15, -0.1) is 0 Å². The molecule has 0 amide bonds. The van der Waals surface area contributed by atoms with Gasteiger partial charge >= 0.3 is 30.3 Å². The zero-order chi connectivity index (χ0) is 34.7. The van der Waals surface area contributed by atoms with Crippen LogP contribution in [-0.4, -0.2) is 94.0 Å². The van der Waals surface area contributed by atoms with Gasteiger partial charge in [0.2, 0.25) is 0 Å². The Bertz CT molecular complexity index is 1270. The van der Waals surface area contributed by atoms with Gasteiger partial charge in [-0.25, -0.2) is 9.59 Å². The molecule has 2 aromatic carbocycles. The van der Waals surface area contributed by atoms with Crippen molar-refractivity contribution in [3.05, 3.63) is 64.7 Å². The number of alkyl halides is 6. The van der Waals surface area contributed by atoms with Crippen molar-refractivity contribution in [2.75, 3.05) is 26.2 Å². The second-order valence-corrected chi connectivity index (χ2v) is 11.0. The number of nitrogens with one attached hydrogen (secondary N) is 1. The maximum atomic E-state index is 11.7.